The third-order valence-corrected chi connectivity index (χ3v) is 5.24. The van der Waals surface area contributed by atoms with Gasteiger partial charge in [-0.15, -0.1) is 0 Å². The van der Waals surface area contributed by atoms with Crippen molar-refractivity contribution in [3.05, 3.63) is 94.5 Å². The maximum Gasteiger partial charge on any atom is 0.329 e. The highest BCUT2D eigenvalue weighted by molar-refractivity contribution is 9.10. The van der Waals surface area contributed by atoms with Crippen molar-refractivity contribution in [2.45, 2.75) is 12.5 Å². The predicted octanol–water partition coefficient (Wildman–Crippen LogP) is 4.94. The Morgan fingerprint density at radius 2 is 1.47 bits per heavy atom. The number of Topliss-reactive ketones (excluding diaryl/α,β-unsaturated/α-hetero) is 2. The van der Waals surface area contributed by atoms with Crippen LogP contribution >= 0.6 is 15.9 Å². The van der Waals surface area contributed by atoms with E-state index in [1.165, 1.54) is 7.11 Å². The van der Waals surface area contributed by atoms with Crippen LogP contribution in [0.2, 0.25) is 0 Å². The number of halogens is 1. The van der Waals surface area contributed by atoms with Crippen molar-refractivity contribution in [3.8, 4) is 5.75 Å². The van der Waals surface area contributed by atoms with Gasteiger partial charge in [0, 0.05) is 27.7 Å². The minimum absolute atomic E-state index is 0.115. The van der Waals surface area contributed by atoms with Gasteiger partial charge in [0.25, 0.3) is 0 Å². The second kappa shape index (κ2) is 11.2. The molecule has 0 saturated heterocycles. The van der Waals surface area contributed by atoms with Gasteiger partial charge in [-0.1, -0.05) is 46.3 Å². The lowest BCUT2D eigenvalue weighted by molar-refractivity contribution is -0.143. The molecule has 0 radical (unpaired) electrons. The van der Waals surface area contributed by atoms with Crippen LogP contribution in [0.1, 0.15) is 27.1 Å². The molecule has 6 nitrogen and oxygen atoms in total. The van der Waals surface area contributed by atoms with E-state index in [9.17, 15) is 14.4 Å². The minimum Gasteiger partial charge on any atom is -0.497 e. The van der Waals surface area contributed by atoms with Crippen LogP contribution < -0.4 is 10.1 Å². The number of hydrogen-bond acceptors (Lipinski definition) is 6. The molecule has 32 heavy (non-hydrogen) atoms. The second-order valence-corrected chi connectivity index (χ2v) is 7.87. The van der Waals surface area contributed by atoms with Crippen molar-refractivity contribution in [1.29, 1.82) is 0 Å². The molecule has 0 aliphatic carbocycles. The van der Waals surface area contributed by atoms with Gasteiger partial charge in [-0.2, -0.15) is 0 Å². The zero-order valence-electron chi connectivity index (χ0n) is 17.4. The molecule has 1 atom stereocenters. The van der Waals surface area contributed by atoms with Crippen LogP contribution in [0.5, 0.6) is 5.75 Å². The Morgan fingerprint density at radius 3 is 2.09 bits per heavy atom. The quantitative estimate of drug-likeness (QED) is 0.317. The highest BCUT2D eigenvalue weighted by atomic mass is 79.9. The molecule has 0 fully saturated rings. The highest BCUT2D eigenvalue weighted by Gasteiger charge is 2.25. The Hall–Kier alpha value is -3.45. The topological polar surface area (TPSA) is 81.7 Å². The monoisotopic (exact) mass is 495 g/mol. The minimum atomic E-state index is -0.951. The number of anilines is 1. The van der Waals surface area contributed by atoms with Crippen LogP contribution in [0.15, 0.2) is 83.3 Å². The largest absolute Gasteiger partial charge is 0.497 e. The summed E-state index contributed by atoms with van der Waals surface area (Å²) in [6.07, 6.45) is -0.115. The summed E-state index contributed by atoms with van der Waals surface area (Å²) in [7, 11) is 1.54. The number of esters is 1. The summed E-state index contributed by atoms with van der Waals surface area (Å²) in [5.41, 5.74) is 1.55. The summed E-state index contributed by atoms with van der Waals surface area (Å²) in [6, 6.07) is 21.5. The smallest absolute Gasteiger partial charge is 0.329 e. The summed E-state index contributed by atoms with van der Waals surface area (Å²) < 4.78 is 11.2. The highest BCUT2D eigenvalue weighted by Crippen LogP contribution is 2.18. The molecule has 0 bridgehead atoms. The molecule has 0 saturated carbocycles. The van der Waals surface area contributed by atoms with Crippen molar-refractivity contribution in [3.63, 3.8) is 0 Å². The molecular weight excluding hydrogens is 474 g/mol. The van der Waals surface area contributed by atoms with E-state index in [-0.39, 0.29) is 18.0 Å². The van der Waals surface area contributed by atoms with Crippen LogP contribution in [0.25, 0.3) is 0 Å². The van der Waals surface area contributed by atoms with Gasteiger partial charge in [0.15, 0.2) is 18.2 Å². The number of nitrogens with one attached hydrogen (secondary N) is 1. The summed E-state index contributed by atoms with van der Waals surface area (Å²) in [5.74, 6) is -0.618. The molecule has 3 aromatic carbocycles. The zero-order valence-corrected chi connectivity index (χ0v) is 19.0. The molecule has 164 valence electrons. The van der Waals surface area contributed by atoms with E-state index in [1.807, 2.05) is 18.2 Å². The van der Waals surface area contributed by atoms with Gasteiger partial charge in [0.2, 0.25) is 0 Å². The first-order valence-corrected chi connectivity index (χ1v) is 10.7. The van der Waals surface area contributed by atoms with E-state index in [2.05, 4.69) is 21.2 Å². The van der Waals surface area contributed by atoms with Crippen LogP contribution in [0.3, 0.4) is 0 Å². The standard InChI is InChI=1S/C25H22BrNO5/c1-31-21-13-7-18(8-14-21)24(29)16-32-25(30)22(27-20-11-9-19(26)10-12-20)15-23(28)17-5-3-2-4-6-17/h2-14,22,27H,15-16H2,1H3/t22-/m1/s1. The first kappa shape index (κ1) is 23.2. The summed E-state index contributed by atoms with van der Waals surface area (Å²) >= 11 is 3.36. The van der Waals surface area contributed by atoms with Crippen LogP contribution in [-0.4, -0.2) is 37.3 Å². The Morgan fingerprint density at radius 1 is 0.844 bits per heavy atom. The number of ether oxygens (including phenoxy) is 2. The van der Waals surface area contributed by atoms with Gasteiger partial charge in [-0.05, 0) is 48.5 Å². The van der Waals surface area contributed by atoms with E-state index in [0.717, 1.165) is 4.47 Å². The Balaban J connectivity index is 1.69. The van der Waals surface area contributed by atoms with Gasteiger partial charge in [0.05, 0.1) is 7.11 Å². The zero-order chi connectivity index (χ0) is 22.9. The van der Waals surface area contributed by atoms with Crippen LogP contribution in [-0.2, 0) is 9.53 Å². The Kier molecular flexibility index (Phi) is 8.16. The lowest BCUT2D eigenvalue weighted by Crippen LogP contribution is -2.34. The lowest BCUT2D eigenvalue weighted by atomic mass is 10.0. The van der Waals surface area contributed by atoms with Crippen LogP contribution in [0, 0.1) is 0 Å². The molecule has 3 rings (SSSR count). The second-order valence-electron chi connectivity index (χ2n) is 6.96. The summed E-state index contributed by atoms with van der Waals surface area (Å²) in [5, 5.41) is 3.04. The van der Waals surface area contributed by atoms with E-state index in [4.69, 9.17) is 9.47 Å². The van der Waals surface area contributed by atoms with Gasteiger partial charge in [-0.25, -0.2) is 4.79 Å². The number of ketones is 2. The van der Waals surface area contributed by atoms with Crippen molar-refractivity contribution in [2.75, 3.05) is 19.0 Å². The van der Waals surface area contributed by atoms with E-state index < -0.39 is 18.6 Å². The van der Waals surface area contributed by atoms with Gasteiger partial charge < -0.3 is 14.8 Å². The maximum absolute atomic E-state index is 12.8. The van der Waals surface area contributed by atoms with Crippen molar-refractivity contribution < 1.29 is 23.9 Å². The molecule has 7 heteroatoms. The van der Waals surface area contributed by atoms with E-state index >= 15 is 0 Å². The normalized spacial score (nSPS) is 11.3. The molecule has 0 aromatic heterocycles. The molecule has 0 aliphatic heterocycles. The number of methoxy groups -OCH3 is 1. The number of carbonyl (C=O) groups excluding carboxylic acids is 3. The summed E-state index contributed by atoms with van der Waals surface area (Å²) in [4.78, 5) is 37.9. The fourth-order valence-electron chi connectivity index (χ4n) is 2.97. The molecule has 0 aliphatic rings. The van der Waals surface area contributed by atoms with Crippen molar-refractivity contribution in [2.24, 2.45) is 0 Å². The molecule has 1 N–H and O–H groups in total. The maximum atomic E-state index is 12.8. The molecule has 0 heterocycles. The predicted molar refractivity (Wildman–Crippen MR) is 125 cm³/mol. The average molecular weight is 496 g/mol. The van der Waals surface area contributed by atoms with E-state index in [1.54, 1.807) is 60.7 Å². The molecule has 0 amide bonds. The SMILES string of the molecule is COc1ccc(C(=O)COC(=O)[C@@H](CC(=O)c2ccccc2)Nc2ccc(Br)cc2)cc1. The van der Waals surface area contributed by atoms with Gasteiger partial charge >= 0.3 is 5.97 Å². The fraction of sp³-hybridized carbons (Fsp3) is 0.160. The Bertz CT molecular complexity index is 1070. The van der Waals surface area contributed by atoms with Gasteiger partial charge in [0.1, 0.15) is 11.8 Å². The molecule has 3 aromatic rings. The van der Waals surface area contributed by atoms with E-state index in [0.29, 0.717) is 22.6 Å². The van der Waals surface area contributed by atoms with Crippen LogP contribution in [0.4, 0.5) is 5.69 Å². The molecular formula is C25H22BrNO5. The summed E-state index contributed by atoms with van der Waals surface area (Å²) in [6.45, 7) is -0.427. The third-order valence-electron chi connectivity index (χ3n) is 4.71. The third kappa shape index (κ3) is 6.52. The number of rotatable bonds is 10. The Labute approximate surface area is 194 Å². The number of hydrogen-bond donors (Lipinski definition) is 1. The molecule has 0 spiro atoms. The lowest BCUT2D eigenvalue weighted by Gasteiger charge is -2.18. The number of benzene rings is 3. The number of carbonyl (C=O) groups is 3. The first-order valence-electron chi connectivity index (χ1n) is 9.90. The van der Waals surface area contributed by atoms with Crippen molar-refractivity contribution >= 4 is 39.2 Å². The molecule has 0 unspecified atom stereocenters. The van der Waals surface area contributed by atoms with Crippen molar-refractivity contribution in [1.82, 2.24) is 0 Å². The average Bonchev–Trinajstić information content (AvgIpc) is 2.83. The first-order chi connectivity index (χ1) is 15.5. The van der Waals surface area contributed by atoms with Gasteiger partial charge in [-0.3, -0.25) is 9.59 Å². The fourth-order valence-corrected chi connectivity index (χ4v) is 3.23.